The summed E-state index contributed by atoms with van der Waals surface area (Å²) >= 11 is 0. The molecule has 2 aromatic carbocycles. The van der Waals surface area contributed by atoms with Crippen LogP contribution in [0, 0.1) is 23.4 Å². The van der Waals surface area contributed by atoms with Gasteiger partial charge in [-0.3, -0.25) is 14.5 Å². The quantitative estimate of drug-likeness (QED) is 0.340. The molecule has 0 radical (unpaired) electrons. The summed E-state index contributed by atoms with van der Waals surface area (Å²) in [4.78, 5) is 31.8. The van der Waals surface area contributed by atoms with E-state index in [-0.39, 0.29) is 35.5 Å². The first-order chi connectivity index (χ1) is 20.6. The van der Waals surface area contributed by atoms with Crippen molar-refractivity contribution in [3.63, 3.8) is 0 Å². The molecule has 2 fully saturated rings. The Hall–Kier alpha value is -4.46. The molecule has 3 heterocycles. The lowest BCUT2D eigenvalue weighted by molar-refractivity contribution is -0.118. The summed E-state index contributed by atoms with van der Waals surface area (Å²) in [6.45, 7) is -2.18. The highest BCUT2D eigenvalue weighted by Gasteiger charge is 2.46. The van der Waals surface area contributed by atoms with Crippen LogP contribution in [0.1, 0.15) is 28.3 Å². The molecule has 14 heteroatoms. The van der Waals surface area contributed by atoms with Crippen molar-refractivity contribution in [3.05, 3.63) is 77.1 Å². The van der Waals surface area contributed by atoms with Crippen molar-refractivity contribution >= 4 is 17.6 Å². The predicted octanol–water partition coefficient (Wildman–Crippen LogP) is 4.45. The highest BCUT2D eigenvalue weighted by molar-refractivity contribution is 6.04. The van der Waals surface area contributed by atoms with Crippen LogP contribution in [0.2, 0.25) is 0 Å². The molecule has 2 aliphatic rings. The lowest BCUT2D eigenvalue weighted by atomic mass is 9.92. The molecule has 9 nitrogen and oxygen atoms in total. The first kappa shape index (κ1) is 30.0. The highest BCUT2D eigenvalue weighted by Crippen LogP contribution is 2.37. The molecule has 2 saturated heterocycles. The predicted molar refractivity (Wildman–Crippen MR) is 141 cm³/mol. The number of amides is 2. The van der Waals surface area contributed by atoms with Crippen LogP contribution in [0.15, 0.2) is 48.5 Å². The molecule has 0 spiro atoms. The van der Waals surface area contributed by atoms with Crippen LogP contribution in [-0.2, 0) is 9.53 Å². The molecule has 2 aliphatic heterocycles. The van der Waals surface area contributed by atoms with Crippen LogP contribution < -0.4 is 24.4 Å². The molecule has 43 heavy (non-hydrogen) atoms. The summed E-state index contributed by atoms with van der Waals surface area (Å²) < 4.78 is 90.7. The zero-order valence-electron chi connectivity index (χ0n) is 22.7. The average molecular weight is 608 g/mol. The Morgan fingerprint density at radius 2 is 1.79 bits per heavy atom. The van der Waals surface area contributed by atoms with Gasteiger partial charge in [0.1, 0.15) is 29.2 Å². The Labute approximate surface area is 242 Å². The van der Waals surface area contributed by atoms with Crippen molar-refractivity contribution in [1.29, 1.82) is 0 Å². The summed E-state index contributed by atoms with van der Waals surface area (Å²) in [6, 6.07) is 7.20. The number of alkyl halides is 2. The van der Waals surface area contributed by atoms with Gasteiger partial charge < -0.3 is 24.3 Å². The second kappa shape index (κ2) is 12.8. The van der Waals surface area contributed by atoms with Crippen molar-refractivity contribution in [1.82, 2.24) is 10.3 Å². The minimum Gasteiger partial charge on any atom is -0.497 e. The van der Waals surface area contributed by atoms with Crippen molar-refractivity contribution in [2.24, 2.45) is 5.92 Å². The number of hydrogen-bond donors (Lipinski definition) is 1. The van der Waals surface area contributed by atoms with Gasteiger partial charge >= 0.3 is 6.61 Å². The van der Waals surface area contributed by atoms with E-state index in [2.05, 4.69) is 15.0 Å². The van der Waals surface area contributed by atoms with E-state index >= 15 is 13.2 Å². The molecule has 0 aliphatic carbocycles. The Morgan fingerprint density at radius 3 is 2.42 bits per heavy atom. The van der Waals surface area contributed by atoms with E-state index in [0.717, 1.165) is 41.7 Å². The topological polar surface area (TPSA) is 99.2 Å². The number of hydrogen-bond acceptors (Lipinski definition) is 7. The van der Waals surface area contributed by atoms with Gasteiger partial charge in [-0.15, -0.1) is 0 Å². The van der Waals surface area contributed by atoms with Gasteiger partial charge in [0.15, 0.2) is 11.6 Å². The van der Waals surface area contributed by atoms with Crippen molar-refractivity contribution in [3.8, 4) is 17.4 Å². The molecule has 2 amide bonds. The second-order valence-corrected chi connectivity index (χ2v) is 9.91. The number of aromatic nitrogens is 1. The van der Waals surface area contributed by atoms with Crippen LogP contribution in [0.5, 0.6) is 17.4 Å². The maximum Gasteiger partial charge on any atom is 0.387 e. The number of carbonyl (C=O) groups is 2. The first-order valence-corrected chi connectivity index (χ1v) is 13.2. The molecule has 228 valence electrons. The Kier molecular flexibility index (Phi) is 8.94. The van der Waals surface area contributed by atoms with Crippen LogP contribution >= 0.6 is 0 Å². The largest absolute Gasteiger partial charge is 0.497 e. The third kappa shape index (κ3) is 6.63. The van der Waals surface area contributed by atoms with Crippen LogP contribution in [-0.4, -0.2) is 62.9 Å². The van der Waals surface area contributed by atoms with Gasteiger partial charge in [-0.05, 0) is 36.8 Å². The van der Waals surface area contributed by atoms with E-state index in [1.54, 1.807) is 0 Å². The number of ether oxygens (including phenoxy) is 4. The monoisotopic (exact) mass is 607 g/mol. The fraction of sp³-hybridized carbons (Fsp3) is 0.345. The molecular formula is C29H26F5N3O6. The van der Waals surface area contributed by atoms with E-state index < -0.39 is 65.8 Å². The Balaban J connectivity index is 1.45. The van der Waals surface area contributed by atoms with Crippen molar-refractivity contribution < 1.29 is 50.5 Å². The fourth-order valence-corrected chi connectivity index (χ4v) is 4.99. The fourth-order valence-electron chi connectivity index (χ4n) is 4.99. The van der Waals surface area contributed by atoms with Gasteiger partial charge in [0.25, 0.3) is 11.8 Å². The zero-order chi connectivity index (χ0) is 30.7. The minimum absolute atomic E-state index is 0.0213. The molecule has 3 aromatic rings. The maximum absolute atomic E-state index is 15.2. The number of benzene rings is 2. The third-order valence-corrected chi connectivity index (χ3v) is 7.15. The summed E-state index contributed by atoms with van der Waals surface area (Å²) in [6.07, 6.45) is 0.780. The number of halogens is 5. The molecule has 1 unspecified atom stereocenters. The summed E-state index contributed by atoms with van der Waals surface area (Å²) in [5.41, 5.74) is -0.588. The second-order valence-electron chi connectivity index (χ2n) is 9.91. The zero-order valence-corrected chi connectivity index (χ0v) is 22.7. The van der Waals surface area contributed by atoms with E-state index in [1.165, 1.54) is 25.3 Å². The first-order valence-electron chi connectivity index (χ1n) is 13.2. The van der Waals surface area contributed by atoms with Gasteiger partial charge in [0.05, 0.1) is 20.3 Å². The number of nitrogens with one attached hydrogen (secondary N) is 1. The van der Waals surface area contributed by atoms with Crippen molar-refractivity contribution in [2.75, 3.05) is 38.4 Å². The van der Waals surface area contributed by atoms with E-state index in [0.29, 0.717) is 13.2 Å². The maximum atomic E-state index is 15.2. The third-order valence-electron chi connectivity index (χ3n) is 7.15. The van der Waals surface area contributed by atoms with Gasteiger partial charge in [0.2, 0.25) is 5.88 Å². The number of pyridine rings is 1. The van der Waals surface area contributed by atoms with Gasteiger partial charge in [-0.1, -0.05) is 0 Å². The van der Waals surface area contributed by atoms with Gasteiger partial charge in [0, 0.05) is 54.3 Å². The normalized spacial score (nSPS) is 20.0. The number of carbonyl (C=O) groups excluding carboxylic acids is 2. The van der Waals surface area contributed by atoms with Gasteiger partial charge in [-0.25, -0.2) is 13.2 Å². The Morgan fingerprint density at radius 1 is 1.07 bits per heavy atom. The smallest absolute Gasteiger partial charge is 0.387 e. The van der Waals surface area contributed by atoms with E-state index in [1.807, 2.05) is 0 Å². The van der Waals surface area contributed by atoms with E-state index in [9.17, 15) is 18.4 Å². The minimum atomic E-state index is -3.08. The number of methoxy groups -OCH3 is 1. The number of rotatable bonds is 10. The summed E-state index contributed by atoms with van der Waals surface area (Å²) in [5, 5.41) is 2.45. The number of anilines is 1. The lowest BCUT2D eigenvalue weighted by Gasteiger charge is -2.20. The Bertz CT molecular complexity index is 1460. The van der Waals surface area contributed by atoms with Crippen LogP contribution in [0.3, 0.4) is 0 Å². The van der Waals surface area contributed by atoms with Crippen LogP contribution in [0.25, 0.3) is 0 Å². The lowest BCUT2D eigenvalue weighted by Crippen LogP contribution is -2.44. The molecular weight excluding hydrogens is 581 g/mol. The molecule has 0 bridgehead atoms. The molecule has 3 atom stereocenters. The van der Waals surface area contributed by atoms with Crippen LogP contribution in [0.4, 0.5) is 27.8 Å². The standard InChI is InChI=1S/C29H26F5N3O6/c1-40-18-10-21(31)24(22(32)11-18)19-12-37(26-20(30)6-7-23(35-26)42-14-15-8-9-41-13-15)28(39)25(19)36-27(38)16-2-4-17(5-3-16)43-29(33)34/h2-7,10-11,15,19,25,29H,8-9,12-14H2,1H3,(H,36,38)/t15?,19-,25-/m0/s1. The summed E-state index contributed by atoms with van der Waals surface area (Å²) in [7, 11) is 1.22. The van der Waals surface area contributed by atoms with E-state index in [4.69, 9.17) is 14.2 Å². The number of nitrogens with zero attached hydrogens (tertiary/aromatic N) is 2. The molecule has 1 N–H and O–H groups in total. The SMILES string of the molecule is COc1cc(F)c([C@@H]2CN(c3nc(OCC4CCOC4)ccc3F)C(=O)[C@H]2NC(=O)c2ccc(OC(F)F)cc2)c(F)c1. The molecule has 1 aromatic heterocycles. The molecule has 5 rings (SSSR count). The average Bonchev–Trinajstić information content (AvgIpc) is 3.61. The molecule has 0 saturated carbocycles. The summed E-state index contributed by atoms with van der Waals surface area (Å²) in [5.74, 6) is -6.71. The highest BCUT2D eigenvalue weighted by atomic mass is 19.3. The van der Waals surface area contributed by atoms with Gasteiger partial charge in [-0.2, -0.15) is 13.8 Å². The van der Waals surface area contributed by atoms with Crippen molar-refractivity contribution in [2.45, 2.75) is 25.0 Å².